The summed E-state index contributed by atoms with van der Waals surface area (Å²) >= 11 is 0. The van der Waals surface area contributed by atoms with Gasteiger partial charge in [0.2, 0.25) is 0 Å². The lowest BCUT2D eigenvalue weighted by Gasteiger charge is -2.18. The van der Waals surface area contributed by atoms with Gasteiger partial charge >= 0.3 is 11.9 Å². The number of methoxy groups -OCH3 is 1. The molecule has 0 amide bonds. The van der Waals surface area contributed by atoms with Crippen molar-refractivity contribution in [1.82, 2.24) is 4.57 Å². The second kappa shape index (κ2) is 6.79. The molecule has 1 heterocycles. The van der Waals surface area contributed by atoms with Gasteiger partial charge in [-0.2, -0.15) is 0 Å². The molecule has 1 atom stereocenters. The standard InChI is InChI=1S/C14H19NO5/c1-6-19-14(17)9(2)13(20-10(3)16)11-7-15(4)8-12(11)18-5/h7-8,13H,2,6H2,1,3-5H3. The molecule has 6 nitrogen and oxygen atoms in total. The smallest absolute Gasteiger partial charge is 0.337 e. The van der Waals surface area contributed by atoms with E-state index in [9.17, 15) is 9.59 Å². The quantitative estimate of drug-likeness (QED) is 0.587. The van der Waals surface area contributed by atoms with Crippen molar-refractivity contribution in [3.05, 3.63) is 30.1 Å². The van der Waals surface area contributed by atoms with Crippen molar-refractivity contribution in [1.29, 1.82) is 0 Å². The monoisotopic (exact) mass is 281 g/mol. The molecule has 1 aromatic heterocycles. The molecule has 1 aromatic rings. The van der Waals surface area contributed by atoms with Crippen LogP contribution in [0.2, 0.25) is 0 Å². The van der Waals surface area contributed by atoms with Gasteiger partial charge in [0.15, 0.2) is 6.10 Å². The van der Waals surface area contributed by atoms with Crippen LogP contribution < -0.4 is 4.74 Å². The Morgan fingerprint density at radius 2 is 2.05 bits per heavy atom. The molecule has 1 rings (SSSR count). The summed E-state index contributed by atoms with van der Waals surface area (Å²) < 4.78 is 17.0. The molecular weight excluding hydrogens is 262 g/mol. The molecule has 0 fully saturated rings. The second-order valence-electron chi connectivity index (χ2n) is 4.18. The van der Waals surface area contributed by atoms with E-state index >= 15 is 0 Å². The van der Waals surface area contributed by atoms with E-state index in [2.05, 4.69) is 6.58 Å². The van der Waals surface area contributed by atoms with Crippen LogP contribution in [0.4, 0.5) is 0 Å². The number of esters is 2. The lowest BCUT2D eigenvalue weighted by atomic mass is 10.1. The van der Waals surface area contributed by atoms with E-state index in [0.29, 0.717) is 11.3 Å². The highest BCUT2D eigenvalue weighted by Gasteiger charge is 2.28. The van der Waals surface area contributed by atoms with E-state index in [0.717, 1.165) is 0 Å². The van der Waals surface area contributed by atoms with Crippen molar-refractivity contribution >= 4 is 11.9 Å². The first-order valence-corrected chi connectivity index (χ1v) is 6.13. The van der Waals surface area contributed by atoms with Gasteiger partial charge in [0.05, 0.1) is 24.9 Å². The summed E-state index contributed by atoms with van der Waals surface area (Å²) in [6, 6.07) is 0. The number of hydrogen-bond acceptors (Lipinski definition) is 5. The minimum Gasteiger partial charge on any atom is -0.495 e. The highest BCUT2D eigenvalue weighted by Crippen LogP contribution is 2.33. The first kappa shape index (κ1) is 15.8. The number of ether oxygens (including phenoxy) is 3. The molecule has 20 heavy (non-hydrogen) atoms. The molecule has 0 spiro atoms. The summed E-state index contributed by atoms with van der Waals surface area (Å²) in [6.45, 7) is 6.84. The first-order chi connectivity index (χ1) is 9.40. The number of hydrogen-bond donors (Lipinski definition) is 0. The molecule has 0 aliphatic carbocycles. The fourth-order valence-corrected chi connectivity index (χ4v) is 1.77. The van der Waals surface area contributed by atoms with E-state index in [1.807, 2.05) is 0 Å². The number of nitrogens with zero attached hydrogens (tertiary/aromatic N) is 1. The van der Waals surface area contributed by atoms with Crippen LogP contribution in [0.15, 0.2) is 24.5 Å². The lowest BCUT2D eigenvalue weighted by Crippen LogP contribution is -2.18. The van der Waals surface area contributed by atoms with E-state index in [1.54, 1.807) is 30.9 Å². The van der Waals surface area contributed by atoms with Gasteiger partial charge in [0.25, 0.3) is 0 Å². The zero-order chi connectivity index (χ0) is 15.3. The summed E-state index contributed by atoms with van der Waals surface area (Å²) in [6.07, 6.45) is 2.49. The van der Waals surface area contributed by atoms with E-state index in [-0.39, 0.29) is 12.2 Å². The fourth-order valence-electron chi connectivity index (χ4n) is 1.77. The van der Waals surface area contributed by atoms with Gasteiger partial charge in [-0.1, -0.05) is 6.58 Å². The first-order valence-electron chi connectivity index (χ1n) is 6.13. The Balaban J connectivity index is 3.14. The average molecular weight is 281 g/mol. The molecular formula is C14H19NO5. The topological polar surface area (TPSA) is 66.8 Å². The minimum absolute atomic E-state index is 0.0477. The van der Waals surface area contributed by atoms with Crippen molar-refractivity contribution in [3.8, 4) is 5.75 Å². The molecule has 0 aliphatic heterocycles. The third-order valence-electron chi connectivity index (χ3n) is 2.59. The van der Waals surface area contributed by atoms with Crippen LogP contribution in [0.5, 0.6) is 5.75 Å². The normalized spacial score (nSPS) is 11.6. The van der Waals surface area contributed by atoms with Crippen LogP contribution in [0.3, 0.4) is 0 Å². The number of rotatable bonds is 6. The summed E-state index contributed by atoms with van der Waals surface area (Å²) in [4.78, 5) is 23.0. The molecule has 0 aromatic carbocycles. The molecule has 0 aliphatic rings. The van der Waals surface area contributed by atoms with Gasteiger partial charge in [-0.25, -0.2) is 4.79 Å². The predicted molar refractivity (Wildman–Crippen MR) is 72.2 cm³/mol. The third kappa shape index (κ3) is 3.63. The Labute approximate surface area is 117 Å². The van der Waals surface area contributed by atoms with Crippen molar-refractivity contribution < 1.29 is 23.8 Å². The number of carbonyl (C=O) groups is 2. The number of aryl methyl sites for hydroxylation is 1. The number of carbonyl (C=O) groups excluding carboxylic acids is 2. The summed E-state index contributed by atoms with van der Waals surface area (Å²) in [7, 11) is 3.29. The molecule has 6 heteroatoms. The third-order valence-corrected chi connectivity index (χ3v) is 2.59. The highest BCUT2D eigenvalue weighted by atomic mass is 16.6. The van der Waals surface area contributed by atoms with Crippen molar-refractivity contribution in [2.24, 2.45) is 7.05 Å². The van der Waals surface area contributed by atoms with Crippen LogP contribution in [-0.4, -0.2) is 30.2 Å². The predicted octanol–water partition coefficient (Wildman–Crippen LogP) is 1.76. The molecule has 0 radical (unpaired) electrons. The Kier molecular flexibility index (Phi) is 5.37. The Morgan fingerprint density at radius 3 is 2.55 bits per heavy atom. The van der Waals surface area contributed by atoms with Gasteiger partial charge in [0.1, 0.15) is 5.75 Å². The molecule has 1 unspecified atom stereocenters. The van der Waals surface area contributed by atoms with Crippen molar-refractivity contribution in [2.75, 3.05) is 13.7 Å². The van der Waals surface area contributed by atoms with Crippen LogP contribution in [-0.2, 0) is 26.1 Å². The second-order valence-corrected chi connectivity index (χ2v) is 4.18. The van der Waals surface area contributed by atoms with Gasteiger partial charge in [-0.15, -0.1) is 0 Å². The van der Waals surface area contributed by atoms with Gasteiger partial charge in [-0.3, -0.25) is 4.79 Å². The van der Waals surface area contributed by atoms with Gasteiger partial charge < -0.3 is 18.8 Å². The number of aromatic nitrogens is 1. The Bertz CT molecular complexity index is 518. The minimum atomic E-state index is -0.928. The summed E-state index contributed by atoms with van der Waals surface area (Å²) in [5.74, 6) is -0.625. The average Bonchev–Trinajstić information content (AvgIpc) is 2.76. The molecule has 0 saturated carbocycles. The summed E-state index contributed by atoms with van der Waals surface area (Å²) in [5.41, 5.74) is 0.592. The van der Waals surface area contributed by atoms with Gasteiger partial charge in [-0.05, 0) is 6.92 Å². The lowest BCUT2D eigenvalue weighted by molar-refractivity contribution is -0.147. The Hall–Kier alpha value is -2.24. The van der Waals surface area contributed by atoms with Crippen LogP contribution in [0.25, 0.3) is 0 Å². The maximum Gasteiger partial charge on any atom is 0.337 e. The highest BCUT2D eigenvalue weighted by molar-refractivity contribution is 5.89. The SMILES string of the molecule is C=C(C(=O)OCC)C(OC(C)=O)c1cn(C)cc1OC. The van der Waals surface area contributed by atoms with Crippen LogP contribution in [0, 0.1) is 0 Å². The molecule has 110 valence electrons. The van der Waals surface area contributed by atoms with Gasteiger partial charge in [0, 0.05) is 26.4 Å². The maximum atomic E-state index is 11.8. The molecule has 0 bridgehead atoms. The van der Waals surface area contributed by atoms with Crippen LogP contribution >= 0.6 is 0 Å². The van der Waals surface area contributed by atoms with E-state index < -0.39 is 18.0 Å². The van der Waals surface area contributed by atoms with E-state index in [4.69, 9.17) is 14.2 Å². The zero-order valence-electron chi connectivity index (χ0n) is 12.1. The Morgan fingerprint density at radius 1 is 1.40 bits per heavy atom. The van der Waals surface area contributed by atoms with Crippen molar-refractivity contribution in [2.45, 2.75) is 20.0 Å². The van der Waals surface area contributed by atoms with Crippen LogP contribution in [0.1, 0.15) is 25.5 Å². The molecule has 0 N–H and O–H groups in total. The molecule has 0 saturated heterocycles. The fraction of sp³-hybridized carbons (Fsp3) is 0.429. The largest absolute Gasteiger partial charge is 0.495 e. The van der Waals surface area contributed by atoms with Crippen molar-refractivity contribution in [3.63, 3.8) is 0 Å². The maximum absolute atomic E-state index is 11.8. The zero-order valence-corrected chi connectivity index (χ0v) is 12.1. The van der Waals surface area contributed by atoms with E-state index in [1.165, 1.54) is 14.0 Å². The summed E-state index contributed by atoms with van der Waals surface area (Å²) in [5, 5.41) is 0.